The van der Waals surface area contributed by atoms with Gasteiger partial charge >= 0.3 is 0 Å². The third-order valence-corrected chi connectivity index (χ3v) is 5.75. The van der Waals surface area contributed by atoms with Crippen molar-refractivity contribution in [1.29, 1.82) is 0 Å². The lowest BCUT2D eigenvalue weighted by Crippen LogP contribution is -2.21. The van der Waals surface area contributed by atoms with Crippen LogP contribution in [0.2, 0.25) is 0 Å². The van der Waals surface area contributed by atoms with E-state index in [9.17, 15) is 4.79 Å². The molecule has 1 aliphatic heterocycles. The molecule has 1 saturated heterocycles. The summed E-state index contributed by atoms with van der Waals surface area (Å²) < 4.78 is 11.2. The molecule has 0 bridgehead atoms. The lowest BCUT2D eigenvalue weighted by Gasteiger charge is -2.20. The maximum Gasteiger partial charge on any atom is 0.259 e. The smallest absolute Gasteiger partial charge is 0.259 e. The standard InChI is InChI=1S/C26H32N6O3/c1-34-22-9-3-2-8-21(22)25(33)29-19-10-12-20(13-11-19)30-26-28-18-23(35-17-7-4-14-27)24(31-26)32-15-5-6-16-32/h2-3,8-13,18H,4-7,14-17,27H2,1H3,(H,29,33)(H,28,30,31). The number of carbonyl (C=O) groups is 1. The summed E-state index contributed by atoms with van der Waals surface area (Å²) in [6.07, 6.45) is 5.83. The summed E-state index contributed by atoms with van der Waals surface area (Å²) in [5.74, 6) is 2.30. The van der Waals surface area contributed by atoms with Crippen LogP contribution in [0.5, 0.6) is 11.5 Å². The van der Waals surface area contributed by atoms with Crippen molar-refractivity contribution in [2.75, 3.05) is 48.9 Å². The molecule has 0 radical (unpaired) electrons. The molecule has 2 heterocycles. The van der Waals surface area contributed by atoms with Gasteiger partial charge in [-0.3, -0.25) is 4.79 Å². The number of rotatable bonds is 11. The predicted molar refractivity (Wildman–Crippen MR) is 138 cm³/mol. The van der Waals surface area contributed by atoms with Gasteiger partial charge in [0, 0.05) is 24.5 Å². The molecule has 4 rings (SSSR count). The number of nitrogens with two attached hydrogens (primary N) is 1. The molecule has 184 valence electrons. The number of para-hydroxylation sites is 1. The first-order chi connectivity index (χ1) is 17.2. The number of anilines is 4. The molecule has 0 spiro atoms. The molecule has 1 aromatic heterocycles. The Bertz CT molecular complexity index is 1120. The number of amides is 1. The molecule has 0 unspecified atom stereocenters. The summed E-state index contributed by atoms with van der Waals surface area (Å²) in [5.41, 5.74) is 7.54. The second kappa shape index (κ2) is 12.0. The molecular formula is C26H32N6O3. The van der Waals surface area contributed by atoms with Crippen LogP contribution in [-0.4, -0.2) is 49.2 Å². The second-order valence-electron chi connectivity index (χ2n) is 8.28. The van der Waals surface area contributed by atoms with Crippen molar-refractivity contribution in [2.24, 2.45) is 5.73 Å². The minimum atomic E-state index is -0.233. The lowest BCUT2D eigenvalue weighted by molar-refractivity contribution is 0.102. The van der Waals surface area contributed by atoms with Gasteiger partial charge in [-0.2, -0.15) is 4.98 Å². The molecule has 0 atom stereocenters. The van der Waals surface area contributed by atoms with Crippen molar-refractivity contribution in [3.8, 4) is 11.5 Å². The SMILES string of the molecule is COc1ccccc1C(=O)Nc1ccc(Nc2ncc(OCCCCN)c(N3CCCC3)n2)cc1. The van der Waals surface area contributed by atoms with Crippen LogP contribution in [0.15, 0.2) is 54.7 Å². The molecule has 0 aliphatic carbocycles. The van der Waals surface area contributed by atoms with E-state index in [2.05, 4.69) is 20.5 Å². The molecule has 1 aliphatic rings. The van der Waals surface area contributed by atoms with E-state index in [1.807, 2.05) is 30.3 Å². The highest BCUT2D eigenvalue weighted by Gasteiger charge is 2.20. The zero-order valence-corrected chi connectivity index (χ0v) is 20.0. The Hall–Kier alpha value is -3.85. The second-order valence-corrected chi connectivity index (χ2v) is 8.28. The van der Waals surface area contributed by atoms with Crippen molar-refractivity contribution in [3.63, 3.8) is 0 Å². The topological polar surface area (TPSA) is 115 Å². The average Bonchev–Trinajstić information content (AvgIpc) is 3.43. The van der Waals surface area contributed by atoms with Gasteiger partial charge in [0.15, 0.2) is 11.6 Å². The van der Waals surface area contributed by atoms with Crippen molar-refractivity contribution in [1.82, 2.24) is 9.97 Å². The summed E-state index contributed by atoms with van der Waals surface area (Å²) in [4.78, 5) is 24.1. The average molecular weight is 477 g/mol. The fourth-order valence-electron chi connectivity index (χ4n) is 3.90. The van der Waals surface area contributed by atoms with Gasteiger partial charge in [-0.05, 0) is 68.6 Å². The van der Waals surface area contributed by atoms with Crippen LogP contribution in [-0.2, 0) is 0 Å². The molecule has 3 aromatic rings. The van der Waals surface area contributed by atoms with Gasteiger partial charge in [-0.15, -0.1) is 0 Å². The Morgan fingerprint density at radius 2 is 1.77 bits per heavy atom. The fraction of sp³-hybridized carbons (Fsp3) is 0.346. The summed E-state index contributed by atoms with van der Waals surface area (Å²) in [7, 11) is 1.55. The van der Waals surface area contributed by atoms with Gasteiger partial charge in [-0.1, -0.05) is 12.1 Å². The number of aromatic nitrogens is 2. The number of hydrogen-bond acceptors (Lipinski definition) is 8. The predicted octanol–water partition coefficient (Wildman–Crippen LogP) is 4.20. The van der Waals surface area contributed by atoms with Crippen LogP contribution in [0.4, 0.5) is 23.1 Å². The number of nitrogens with zero attached hydrogens (tertiary/aromatic N) is 3. The molecule has 4 N–H and O–H groups in total. The van der Waals surface area contributed by atoms with Gasteiger partial charge in [-0.25, -0.2) is 4.98 Å². The van der Waals surface area contributed by atoms with Crippen LogP contribution in [0, 0.1) is 0 Å². The largest absolute Gasteiger partial charge is 0.496 e. The Kier molecular flexibility index (Phi) is 8.34. The van der Waals surface area contributed by atoms with Gasteiger partial charge in [0.05, 0.1) is 25.5 Å². The Labute approximate surface area is 205 Å². The third kappa shape index (κ3) is 6.39. The van der Waals surface area contributed by atoms with E-state index in [0.717, 1.165) is 50.3 Å². The van der Waals surface area contributed by atoms with E-state index in [1.165, 1.54) is 0 Å². The highest BCUT2D eigenvalue weighted by atomic mass is 16.5. The molecule has 1 fully saturated rings. The highest BCUT2D eigenvalue weighted by Crippen LogP contribution is 2.30. The maximum atomic E-state index is 12.6. The molecule has 35 heavy (non-hydrogen) atoms. The summed E-state index contributed by atoms with van der Waals surface area (Å²) in [5, 5.41) is 6.15. The van der Waals surface area contributed by atoms with E-state index in [0.29, 0.717) is 41.8 Å². The summed E-state index contributed by atoms with van der Waals surface area (Å²) >= 11 is 0. The number of unbranched alkanes of at least 4 members (excludes halogenated alkanes) is 1. The minimum Gasteiger partial charge on any atom is -0.496 e. The Morgan fingerprint density at radius 3 is 2.51 bits per heavy atom. The van der Waals surface area contributed by atoms with E-state index < -0.39 is 0 Å². The van der Waals surface area contributed by atoms with Crippen molar-refractivity contribution in [3.05, 3.63) is 60.3 Å². The van der Waals surface area contributed by atoms with Gasteiger partial charge in [0.1, 0.15) is 5.75 Å². The van der Waals surface area contributed by atoms with Crippen LogP contribution in [0.1, 0.15) is 36.0 Å². The van der Waals surface area contributed by atoms with E-state index >= 15 is 0 Å². The first-order valence-corrected chi connectivity index (χ1v) is 11.9. The van der Waals surface area contributed by atoms with E-state index in [-0.39, 0.29) is 5.91 Å². The zero-order valence-electron chi connectivity index (χ0n) is 20.0. The molecule has 0 saturated carbocycles. The third-order valence-electron chi connectivity index (χ3n) is 5.75. The summed E-state index contributed by atoms with van der Waals surface area (Å²) in [6, 6.07) is 14.5. The first-order valence-electron chi connectivity index (χ1n) is 11.9. The maximum absolute atomic E-state index is 12.6. The van der Waals surface area contributed by atoms with Crippen LogP contribution >= 0.6 is 0 Å². The minimum absolute atomic E-state index is 0.233. The van der Waals surface area contributed by atoms with Crippen molar-refractivity contribution < 1.29 is 14.3 Å². The van der Waals surface area contributed by atoms with E-state index in [1.54, 1.807) is 31.5 Å². The van der Waals surface area contributed by atoms with Gasteiger partial charge in [0.2, 0.25) is 5.95 Å². The monoisotopic (exact) mass is 476 g/mol. The van der Waals surface area contributed by atoms with Crippen molar-refractivity contribution in [2.45, 2.75) is 25.7 Å². The zero-order chi connectivity index (χ0) is 24.5. The van der Waals surface area contributed by atoms with E-state index in [4.69, 9.17) is 20.2 Å². The molecule has 2 aromatic carbocycles. The highest BCUT2D eigenvalue weighted by molar-refractivity contribution is 6.06. The first kappa shape index (κ1) is 24.3. The van der Waals surface area contributed by atoms with Gasteiger partial charge < -0.3 is 30.7 Å². The molecule has 9 heteroatoms. The number of benzene rings is 2. The summed E-state index contributed by atoms with van der Waals surface area (Å²) in [6.45, 7) is 3.16. The molecular weight excluding hydrogens is 444 g/mol. The quantitative estimate of drug-likeness (QED) is 0.353. The van der Waals surface area contributed by atoms with Crippen LogP contribution in [0.25, 0.3) is 0 Å². The number of ether oxygens (including phenoxy) is 2. The van der Waals surface area contributed by atoms with Gasteiger partial charge in [0.25, 0.3) is 5.91 Å². The number of hydrogen-bond donors (Lipinski definition) is 3. The number of carbonyl (C=O) groups excluding carboxylic acids is 1. The van der Waals surface area contributed by atoms with Crippen LogP contribution in [0.3, 0.4) is 0 Å². The normalized spacial score (nSPS) is 12.9. The Balaban J connectivity index is 1.43. The van der Waals surface area contributed by atoms with Crippen LogP contribution < -0.4 is 30.7 Å². The fourth-order valence-corrected chi connectivity index (χ4v) is 3.90. The number of methoxy groups -OCH3 is 1. The number of nitrogens with one attached hydrogen (secondary N) is 2. The van der Waals surface area contributed by atoms with Crippen molar-refractivity contribution >= 4 is 29.0 Å². The lowest BCUT2D eigenvalue weighted by atomic mass is 10.2. The molecule has 1 amide bonds. The molecule has 9 nitrogen and oxygen atoms in total. The Morgan fingerprint density at radius 1 is 1.03 bits per heavy atom.